The monoisotopic (exact) mass is 419 g/mol. The molecule has 0 unspecified atom stereocenters. The maximum absolute atomic E-state index is 12.6. The molecule has 0 amide bonds. The summed E-state index contributed by atoms with van der Waals surface area (Å²) in [6.07, 6.45) is 1.75. The molecule has 0 atom stereocenters. The molecule has 0 spiro atoms. The first kappa shape index (κ1) is 21.1. The van der Waals surface area contributed by atoms with Crippen LogP contribution < -0.4 is 9.47 Å². The Balaban J connectivity index is 1.69. The van der Waals surface area contributed by atoms with Crippen molar-refractivity contribution < 1.29 is 27.4 Å². The summed E-state index contributed by atoms with van der Waals surface area (Å²) < 4.78 is 42.5. The number of ether oxygens (including phenoxy) is 3. The van der Waals surface area contributed by atoms with Gasteiger partial charge in [0.1, 0.15) is 6.61 Å². The summed E-state index contributed by atoms with van der Waals surface area (Å²) in [5.41, 5.74) is 2.00. The predicted octanol–water partition coefficient (Wildman–Crippen LogP) is 3.15. The smallest absolute Gasteiger partial charge is 0.338 e. The van der Waals surface area contributed by atoms with Gasteiger partial charge in [0.05, 0.1) is 24.7 Å². The van der Waals surface area contributed by atoms with E-state index in [4.69, 9.17) is 14.2 Å². The highest BCUT2D eigenvalue weighted by molar-refractivity contribution is 7.89. The zero-order chi connectivity index (χ0) is 21.0. The van der Waals surface area contributed by atoms with Gasteiger partial charge in [-0.15, -0.1) is 0 Å². The van der Waals surface area contributed by atoms with E-state index in [2.05, 4.69) is 0 Å². The maximum atomic E-state index is 12.6. The van der Waals surface area contributed by atoms with Gasteiger partial charge < -0.3 is 14.2 Å². The van der Waals surface area contributed by atoms with E-state index in [1.54, 1.807) is 20.3 Å². The summed E-state index contributed by atoms with van der Waals surface area (Å²) in [5, 5.41) is 0. The molecule has 8 heteroatoms. The standard InChI is InChI=1S/C21H25NO6S/c1-15-12-19(26-2)20(27-3)13-17(15)14-28-21(23)16-6-8-18(9-7-16)29(24,25)22-10-4-5-11-22/h6-9,12-13H,4-5,10-11,14H2,1-3H3. The Labute approximate surface area is 171 Å². The van der Waals surface area contributed by atoms with E-state index in [1.807, 2.05) is 13.0 Å². The van der Waals surface area contributed by atoms with Crippen molar-refractivity contribution in [3.8, 4) is 11.5 Å². The minimum Gasteiger partial charge on any atom is -0.493 e. The molecule has 1 heterocycles. The molecule has 2 aromatic carbocycles. The molecule has 2 aromatic rings. The van der Waals surface area contributed by atoms with Crippen LogP contribution in [-0.2, 0) is 21.4 Å². The van der Waals surface area contributed by atoms with Crippen molar-refractivity contribution in [2.24, 2.45) is 0 Å². The molecule has 0 N–H and O–H groups in total. The van der Waals surface area contributed by atoms with Crippen LogP contribution in [0.3, 0.4) is 0 Å². The number of hydrogen-bond acceptors (Lipinski definition) is 6. The van der Waals surface area contributed by atoms with Gasteiger partial charge in [0, 0.05) is 13.1 Å². The molecule has 1 aliphatic rings. The minimum atomic E-state index is -3.50. The van der Waals surface area contributed by atoms with Gasteiger partial charge in [-0.3, -0.25) is 0 Å². The molecule has 7 nitrogen and oxygen atoms in total. The van der Waals surface area contributed by atoms with E-state index >= 15 is 0 Å². The molecule has 1 fully saturated rings. The lowest BCUT2D eigenvalue weighted by atomic mass is 10.1. The summed E-state index contributed by atoms with van der Waals surface area (Å²) in [6.45, 7) is 3.04. The zero-order valence-corrected chi connectivity index (χ0v) is 17.6. The van der Waals surface area contributed by atoms with Crippen molar-refractivity contribution in [3.63, 3.8) is 0 Å². The first-order chi connectivity index (χ1) is 13.9. The summed E-state index contributed by atoms with van der Waals surface area (Å²) in [5.74, 6) is 0.639. The number of sulfonamides is 1. The number of nitrogens with zero attached hydrogens (tertiary/aromatic N) is 1. The number of methoxy groups -OCH3 is 2. The first-order valence-electron chi connectivity index (χ1n) is 9.35. The van der Waals surface area contributed by atoms with E-state index in [9.17, 15) is 13.2 Å². The average Bonchev–Trinajstić information content (AvgIpc) is 3.28. The highest BCUT2D eigenvalue weighted by Gasteiger charge is 2.27. The molecular formula is C21H25NO6S. The summed E-state index contributed by atoms with van der Waals surface area (Å²) in [6, 6.07) is 9.45. The molecule has 0 aromatic heterocycles. The largest absolute Gasteiger partial charge is 0.493 e. The molecule has 0 saturated carbocycles. The summed E-state index contributed by atoms with van der Waals surface area (Å²) in [7, 11) is -0.398. The van der Waals surface area contributed by atoms with Crippen molar-refractivity contribution >= 4 is 16.0 Å². The van der Waals surface area contributed by atoms with E-state index in [-0.39, 0.29) is 11.5 Å². The van der Waals surface area contributed by atoms with Crippen molar-refractivity contribution in [2.75, 3.05) is 27.3 Å². The van der Waals surface area contributed by atoms with Gasteiger partial charge in [-0.1, -0.05) is 0 Å². The molecule has 1 saturated heterocycles. The van der Waals surface area contributed by atoms with Crippen LogP contribution in [0.1, 0.15) is 34.3 Å². The predicted molar refractivity (Wildman–Crippen MR) is 108 cm³/mol. The Hall–Kier alpha value is -2.58. The third-order valence-electron chi connectivity index (χ3n) is 4.99. The molecule has 156 valence electrons. The molecule has 0 aliphatic carbocycles. The number of hydrogen-bond donors (Lipinski definition) is 0. The van der Waals surface area contributed by atoms with Gasteiger partial charge in [0.2, 0.25) is 10.0 Å². The summed E-state index contributed by atoms with van der Waals surface area (Å²) >= 11 is 0. The van der Waals surface area contributed by atoms with E-state index < -0.39 is 16.0 Å². The molecule has 3 rings (SSSR count). The number of carbonyl (C=O) groups is 1. The lowest BCUT2D eigenvalue weighted by molar-refractivity contribution is 0.0471. The number of rotatable bonds is 7. The number of benzene rings is 2. The quantitative estimate of drug-likeness (QED) is 0.641. The van der Waals surface area contributed by atoms with Gasteiger partial charge >= 0.3 is 5.97 Å². The lowest BCUT2D eigenvalue weighted by Gasteiger charge is -2.15. The second-order valence-electron chi connectivity index (χ2n) is 6.85. The van der Waals surface area contributed by atoms with Crippen molar-refractivity contribution in [3.05, 3.63) is 53.1 Å². The average molecular weight is 419 g/mol. The summed E-state index contributed by atoms with van der Waals surface area (Å²) in [4.78, 5) is 12.6. The topological polar surface area (TPSA) is 82.1 Å². The Morgan fingerprint density at radius 2 is 1.59 bits per heavy atom. The molecule has 29 heavy (non-hydrogen) atoms. The van der Waals surface area contributed by atoms with Crippen LogP contribution in [0.25, 0.3) is 0 Å². The fourth-order valence-corrected chi connectivity index (χ4v) is 4.76. The molecule has 0 radical (unpaired) electrons. The van der Waals surface area contributed by atoms with Crippen LogP contribution >= 0.6 is 0 Å². The third-order valence-corrected chi connectivity index (χ3v) is 6.91. The van der Waals surface area contributed by atoms with Gasteiger partial charge in [0.15, 0.2) is 11.5 Å². The van der Waals surface area contributed by atoms with Gasteiger partial charge in [-0.2, -0.15) is 4.31 Å². The minimum absolute atomic E-state index is 0.0683. The lowest BCUT2D eigenvalue weighted by Crippen LogP contribution is -2.27. The van der Waals surface area contributed by atoms with Crippen molar-refractivity contribution in [1.29, 1.82) is 0 Å². The number of carbonyl (C=O) groups excluding carboxylic acids is 1. The van der Waals surface area contributed by atoms with E-state index in [0.717, 1.165) is 24.0 Å². The van der Waals surface area contributed by atoms with Crippen LogP contribution in [0.5, 0.6) is 11.5 Å². The van der Waals surface area contributed by atoms with Crippen molar-refractivity contribution in [2.45, 2.75) is 31.3 Å². The van der Waals surface area contributed by atoms with Crippen molar-refractivity contribution in [1.82, 2.24) is 4.31 Å². The highest BCUT2D eigenvalue weighted by atomic mass is 32.2. The van der Waals surface area contributed by atoms with Crippen LogP contribution in [0, 0.1) is 6.92 Å². The Kier molecular flexibility index (Phi) is 6.44. The van der Waals surface area contributed by atoms with Gasteiger partial charge in [-0.25, -0.2) is 13.2 Å². The van der Waals surface area contributed by atoms with Gasteiger partial charge in [0.25, 0.3) is 0 Å². The molecule has 1 aliphatic heterocycles. The third kappa shape index (κ3) is 4.54. The maximum Gasteiger partial charge on any atom is 0.338 e. The number of aryl methyl sites for hydroxylation is 1. The zero-order valence-electron chi connectivity index (χ0n) is 16.8. The fraction of sp³-hybridized carbons (Fsp3) is 0.381. The highest BCUT2D eigenvalue weighted by Crippen LogP contribution is 2.30. The van der Waals surface area contributed by atoms with E-state index in [1.165, 1.54) is 28.6 Å². The van der Waals surface area contributed by atoms with Crippen LogP contribution in [0.2, 0.25) is 0 Å². The second-order valence-corrected chi connectivity index (χ2v) is 8.78. The fourth-order valence-electron chi connectivity index (χ4n) is 3.25. The molecule has 0 bridgehead atoms. The second kappa shape index (κ2) is 8.84. The van der Waals surface area contributed by atoms with Gasteiger partial charge in [-0.05, 0) is 67.3 Å². The molecular weight excluding hydrogens is 394 g/mol. The van der Waals surface area contributed by atoms with Crippen LogP contribution in [-0.4, -0.2) is 46.0 Å². The SMILES string of the molecule is COc1cc(C)c(COC(=O)c2ccc(S(=O)(=O)N3CCCC3)cc2)cc1OC. The van der Waals surface area contributed by atoms with Crippen LogP contribution in [0.4, 0.5) is 0 Å². The Bertz CT molecular complexity index is 979. The first-order valence-corrected chi connectivity index (χ1v) is 10.8. The Morgan fingerprint density at radius 3 is 2.17 bits per heavy atom. The Morgan fingerprint density at radius 1 is 1.00 bits per heavy atom. The normalized spacial score (nSPS) is 14.6. The number of esters is 1. The van der Waals surface area contributed by atoms with Crippen LogP contribution in [0.15, 0.2) is 41.3 Å². The van der Waals surface area contributed by atoms with E-state index in [0.29, 0.717) is 30.2 Å².